The van der Waals surface area contributed by atoms with Gasteiger partial charge in [0.15, 0.2) is 0 Å². The van der Waals surface area contributed by atoms with Gasteiger partial charge in [0.1, 0.15) is 4.21 Å². The molecule has 0 atom stereocenters. The number of sulfonamides is 1. The monoisotopic (exact) mass is 365 g/mol. The van der Waals surface area contributed by atoms with Crippen LogP contribution >= 0.6 is 38.6 Å². The van der Waals surface area contributed by atoms with Crippen molar-refractivity contribution in [2.45, 2.75) is 24.6 Å². The van der Waals surface area contributed by atoms with Crippen LogP contribution in [0.3, 0.4) is 0 Å². The van der Waals surface area contributed by atoms with Crippen molar-refractivity contribution >= 4 is 48.6 Å². The van der Waals surface area contributed by atoms with Gasteiger partial charge in [-0.1, -0.05) is 0 Å². The molecule has 2 aromatic rings. The van der Waals surface area contributed by atoms with Crippen LogP contribution in [0.2, 0.25) is 0 Å². The van der Waals surface area contributed by atoms with Crippen LogP contribution in [-0.4, -0.2) is 8.42 Å². The molecule has 2 heterocycles. The predicted molar refractivity (Wildman–Crippen MR) is 79.8 cm³/mol. The summed E-state index contributed by atoms with van der Waals surface area (Å²) in [5.41, 5.74) is 0.937. The first-order chi connectivity index (χ1) is 8.38. The van der Waals surface area contributed by atoms with E-state index in [1.165, 1.54) is 16.2 Å². The molecule has 0 fully saturated rings. The molecular weight excluding hydrogens is 354 g/mol. The number of halogens is 1. The van der Waals surface area contributed by atoms with Crippen LogP contribution in [0.5, 0.6) is 0 Å². The molecule has 0 saturated carbocycles. The zero-order valence-electron chi connectivity index (χ0n) is 9.86. The molecule has 0 unspecified atom stereocenters. The van der Waals surface area contributed by atoms with Gasteiger partial charge in [0, 0.05) is 16.3 Å². The molecule has 0 radical (unpaired) electrons. The molecule has 2 rings (SSSR count). The fourth-order valence-corrected chi connectivity index (χ4v) is 5.58. The summed E-state index contributed by atoms with van der Waals surface area (Å²) >= 11 is 6.17. The van der Waals surface area contributed by atoms with Gasteiger partial charge < -0.3 is 0 Å². The van der Waals surface area contributed by atoms with Crippen molar-refractivity contribution in [1.82, 2.24) is 4.72 Å². The summed E-state index contributed by atoms with van der Waals surface area (Å²) < 4.78 is 27.9. The third-order valence-electron chi connectivity index (χ3n) is 2.33. The van der Waals surface area contributed by atoms with E-state index in [0.29, 0.717) is 10.8 Å². The Kier molecular flexibility index (Phi) is 4.28. The lowest BCUT2D eigenvalue weighted by Gasteiger charge is -2.02. The number of hydrogen-bond donors (Lipinski definition) is 1. The van der Waals surface area contributed by atoms with Crippen LogP contribution in [-0.2, 0) is 16.6 Å². The molecule has 1 N–H and O–H groups in total. The predicted octanol–water partition coefficient (Wildman–Crippen LogP) is 3.67. The molecule has 0 aliphatic heterocycles. The van der Waals surface area contributed by atoms with E-state index in [1.54, 1.807) is 17.4 Å². The normalized spacial score (nSPS) is 11.9. The van der Waals surface area contributed by atoms with Crippen LogP contribution < -0.4 is 4.72 Å². The van der Waals surface area contributed by atoms with E-state index in [9.17, 15) is 8.42 Å². The smallest absolute Gasteiger partial charge is 0.206 e. The molecule has 0 aliphatic rings. The van der Waals surface area contributed by atoms with Gasteiger partial charge in [-0.3, -0.25) is 0 Å². The third kappa shape index (κ3) is 3.21. The van der Waals surface area contributed by atoms with E-state index in [0.717, 1.165) is 14.2 Å². The quantitative estimate of drug-likeness (QED) is 0.898. The molecule has 0 saturated heterocycles. The van der Waals surface area contributed by atoms with E-state index in [-0.39, 0.29) is 0 Å². The Hall–Kier alpha value is -0.210. The first-order valence-electron chi connectivity index (χ1n) is 5.19. The molecule has 0 aliphatic carbocycles. The van der Waals surface area contributed by atoms with Crippen molar-refractivity contribution in [2.75, 3.05) is 0 Å². The van der Waals surface area contributed by atoms with Gasteiger partial charge in [0.05, 0.1) is 3.79 Å². The van der Waals surface area contributed by atoms with Crippen LogP contribution in [0.15, 0.2) is 26.2 Å². The number of nitrogens with one attached hydrogen (secondary N) is 1. The Bertz CT molecular complexity index is 638. The van der Waals surface area contributed by atoms with Gasteiger partial charge in [-0.25, -0.2) is 13.1 Å². The highest BCUT2D eigenvalue weighted by atomic mass is 79.9. The van der Waals surface area contributed by atoms with Gasteiger partial charge in [0.25, 0.3) is 0 Å². The Labute approximate surface area is 123 Å². The Morgan fingerprint density at radius 1 is 1.28 bits per heavy atom. The minimum absolute atomic E-state index is 0.343. The Balaban J connectivity index is 2.12. The molecule has 0 aromatic carbocycles. The molecule has 98 valence electrons. The standard InChI is InChI=1S/C11H12BrNO2S3/c1-7-5-10(17-11(7)12)18(14,15)13-6-9-4-3-8(2)16-9/h3-5,13H,6H2,1-2H3. The number of aryl methyl sites for hydroxylation is 2. The van der Waals surface area contributed by atoms with Crippen LogP contribution in [0.25, 0.3) is 0 Å². The second-order valence-electron chi connectivity index (χ2n) is 3.86. The number of hydrogen-bond acceptors (Lipinski definition) is 4. The highest BCUT2D eigenvalue weighted by Crippen LogP contribution is 2.30. The maximum absolute atomic E-state index is 12.1. The van der Waals surface area contributed by atoms with Gasteiger partial charge in [-0.05, 0) is 53.5 Å². The lowest BCUT2D eigenvalue weighted by atomic mass is 10.4. The summed E-state index contributed by atoms with van der Waals surface area (Å²) in [4.78, 5) is 2.20. The number of thiophene rings is 2. The second kappa shape index (κ2) is 5.42. The minimum atomic E-state index is -3.41. The maximum atomic E-state index is 12.1. The van der Waals surface area contributed by atoms with E-state index in [1.807, 2.05) is 26.0 Å². The third-order valence-corrected chi connectivity index (χ3v) is 7.34. The lowest BCUT2D eigenvalue weighted by molar-refractivity contribution is 0.584. The molecule has 0 spiro atoms. The van der Waals surface area contributed by atoms with E-state index in [4.69, 9.17) is 0 Å². The average molecular weight is 366 g/mol. The van der Waals surface area contributed by atoms with E-state index in [2.05, 4.69) is 20.7 Å². The van der Waals surface area contributed by atoms with Crippen molar-refractivity contribution < 1.29 is 8.42 Å². The molecule has 0 bridgehead atoms. The summed E-state index contributed by atoms with van der Waals surface area (Å²) in [6, 6.07) is 5.61. The molecule has 2 aromatic heterocycles. The summed E-state index contributed by atoms with van der Waals surface area (Å²) in [5, 5.41) is 0. The first-order valence-corrected chi connectivity index (χ1v) is 9.10. The summed E-state index contributed by atoms with van der Waals surface area (Å²) in [6.45, 7) is 4.22. The van der Waals surface area contributed by atoms with Crippen molar-refractivity contribution in [3.05, 3.63) is 37.3 Å². The highest BCUT2D eigenvalue weighted by Gasteiger charge is 2.18. The second-order valence-corrected chi connectivity index (χ2v) is 9.60. The Morgan fingerprint density at radius 2 is 2.00 bits per heavy atom. The van der Waals surface area contributed by atoms with Gasteiger partial charge >= 0.3 is 0 Å². The van der Waals surface area contributed by atoms with Crippen LogP contribution in [0.4, 0.5) is 0 Å². The summed E-state index contributed by atoms with van der Waals surface area (Å²) in [7, 11) is -3.41. The summed E-state index contributed by atoms with van der Waals surface area (Å²) in [5.74, 6) is 0. The van der Waals surface area contributed by atoms with Crippen molar-refractivity contribution in [1.29, 1.82) is 0 Å². The average Bonchev–Trinajstić information content (AvgIpc) is 2.84. The fourth-order valence-electron chi connectivity index (χ4n) is 1.38. The van der Waals surface area contributed by atoms with Gasteiger partial charge in [-0.2, -0.15) is 0 Å². The molecular formula is C11H12BrNO2S3. The lowest BCUT2D eigenvalue weighted by Crippen LogP contribution is -2.21. The summed E-state index contributed by atoms with van der Waals surface area (Å²) in [6.07, 6.45) is 0. The van der Waals surface area contributed by atoms with E-state index < -0.39 is 10.0 Å². The number of rotatable bonds is 4. The first kappa shape index (κ1) is 14.2. The van der Waals surface area contributed by atoms with Gasteiger partial charge in [-0.15, -0.1) is 22.7 Å². The Morgan fingerprint density at radius 3 is 2.50 bits per heavy atom. The van der Waals surface area contributed by atoms with Crippen molar-refractivity contribution in [3.63, 3.8) is 0 Å². The molecule has 0 amide bonds. The zero-order valence-corrected chi connectivity index (χ0v) is 13.9. The highest BCUT2D eigenvalue weighted by molar-refractivity contribution is 9.11. The largest absolute Gasteiger partial charge is 0.250 e. The van der Waals surface area contributed by atoms with Gasteiger partial charge in [0.2, 0.25) is 10.0 Å². The van der Waals surface area contributed by atoms with Crippen molar-refractivity contribution in [2.24, 2.45) is 0 Å². The van der Waals surface area contributed by atoms with E-state index >= 15 is 0 Å². The SMILES string of the molecule is Cc1ccc(CNS(=O)(=O)c2cc(C)c(Br)s2)s1. The topological polar surface area (TPSA) is 46.2 Å². The molecule has 7 heteroatoms. The van der Waals surface area contributed by atoms with Crippen molar-refractivity contribution in [3.8, 4) is 0 Å². The van der Waals surface area contributed by atoms with Crippen LogP contribution in [0.1, 0.15) is 15.3 Å². The maximum Gasteiger partial charge on any atom is 0.250 e. The molecule has 3 nitrogen and oxygen atoms in total. The zero-order chi connectivity index (χ0) is 13.3. The minimum Gasteiger partial charge on any atom is -0.206 e. The fraction of sp³-hybridized carbons (Fsp3) is 0.273. The molecule has 18 heavy (non-hydrogen) atoms. The van der Waals surface area contributed by atoms with Crippen LogP contribution in [0, 0.1) is 13.8 Å².